The Morgan fingerprint density at radius 3 is 2.56 bits per heavy atom. The third-order valence-electron chi connectivity index (χ3n) is 6.56. The molecule has 1 aliphatic rings. The average molecular weight is 544 g/mol. The Morgan fingerprint density at radius 1 is 1.05 bits per heavy atom. The summed E-state index contributed by atoms with van der Waals surface area (Å²) < 4.78 is 20.2. The van der Waals surface area contributed by atoms with E-state index < -0.39 is 5.97 Å². The van der Waals surface area contributed by atoms with Crippen molar-refractivity contribution in [3.8, 4) is 5.69 Å². The van der Waals surface area contributed by atoms with E-state index in [4.69, 9.17) is 17.0 Å². The predicted octanol–water partition coefficient (Wildman–Crippen LogP) is 4.80. The van der Waals surface area contributed by atoms with Gasteiger partial charge in [0.25, 0.3) is 0 Å². The number of esters is 1. The van der Waals surface area contributed by atoms with Gasteiger partial charge in [-0.15, -0.1) is 0 Å². The van der Waals surface area contributed by atoms with Crippen molar-refractivity contribution in [2.75, 3.05) is 19.0 Å². The number of rotatable bonds is 8. The van der Waals surface area contributed by atoms with Crippen LogP contribution in [0.1, 0.15) is 40.3 Å². The fraction of sp³-hybridized carbons (Fsp3) is 0.172. The Bertz CT molecular complexity index is 1490. The highest BCUT2D eigenvalue weighted by Crippen LogP contribution is 2.40. The van der Waals surface area contributed by atoms with Crippen molar-refractivity contribution >= 4 is 34.9 Å². The minimum Gasteiger partial charge on any atom is -0.465 e. The minimum atomic E-state index is -0.444. The van der Waals surface area contributed by atoms with Crippen LogP contribution in [0.3, 0.4) is 0 Å². The van der Waals surface area contributed by atoms with Crippen molar-refractivity contribution in [3.05, 3.63) is 114 Å². The average Bonchev–Trinajstić information content (AvgIpc) is 3.57. The number of pyridine rings is 1. The van der Waals surface area contributed by atoms with Gasteiger partial charge in [0.1, 0.15) is 5.82 Å². The first-order valence-electron chi connectivity index (χ1n) is 12.3. The number of nitrogens with one attached hydrogen (secondary N) is 2. The van der Waals surface area contributed by atoms with Crippen molar-refractivity contribution in [2.24, 2.45) is 0 Å². The van der Waals surface area contributed by atoms with Gasteiger partial charge in [-0.25, -0.2) is 9.18 Å². The van der Waals surface area contributed by atoms with Crippen molar-refractivity contribution in [3.63, 3.8) is 0 Å². The number of hydrogen-bond donors (Lipinski definition) is 2. The molecule has 2 aromatic heterocycles. The van der Waals surface area contributed by atoms with Gasteiger partial charge in [0.15, 0.2) is 5.11 Å². The maximum absolute atomic E-state index is 13.2. The quantitative estimate of drug-likeness (QED) is 0.244. The zero-order chi connectivity index (χ0) is 27.4. The molecule has 2 aromatic carbocycles. The Kier molecular flexibility index (Phi) is 7.64. The fourth-order valence-electron chi connectivity index (χ4n) is 4.77. The maximum atomic E-state index is 13.2. The minimum absolute atomic E-state index is 0.143. The molecule has 198 valence electrons. The van der Waals surface area contributed by atoms with Crippen LogP contribution in [0.4, 0.5) is 10.1 Å². The van der Waals surface area contributed by atoms with Crippen molar-refractivity contribution in [1.29, 1.82) is 0 Å². The summed E-state index contributed by atoms with van der Waals surface area (Å²) in [5.74, 6) is -1.04. The molecule has 39 heavy (non-hydrogen) atoms. The summed E-state index contributed by atoms with van der Waals surface area (Å²) in [6, 6.07) is 21.7. The summed E-state index contributed by atoms with van der Waals surface area (Å²) in [6.07, 6.45) is 3.75. The van der Waals surface area contributed by atoms with E-state index in [1.54, 1.807) is 18.3 Å². The normalized spacial score (nSPS) is 16.6. The molecule has 0 bridgehead atoms. The van der Waals surface area contributed by atoms with E-state index in [0.29, 0.717) is 28.6 Å². The maximum Gasteiger partial charge on any atom is 0.339 e. The third kappa shape index (κ3) is 5.51. The zero-order valence-corrected chi connectivity index (χ0v) is 21.9. The number of hydrogen-bond acceptors (Lipinski definition) is 5. The summed E-state index contributed by atoms with van der Waals surface area (Å²) in [5.41, 5.74) is 3.24. The van der Waals surface area contributed by atoms with Gasteiger partial charge < -0.3 is 24.8 Å². The van der Waals surface area contributed by atoms with Crippen LogP contribution in [0.25, 0.3) is 5.69 Å². The standard InChI is InChI=1S/C29H26FN5O3S/c1-38-28(37)21-7-2-3-9-23(21)34-17-6-10-24(34)27-26(22-8-4-5-16-31-22)33-29(39)35(27)18-15-25(36)32-20-13-11-19(30)12-14-20/h2-14,16-17,26-27H,15,18H2,1H3,(H,32,36)(H,33,39)/t26-,27-/m0/s1. The lowest BCUT2D eigenvalue weighted by atomic mass is 10.0. The van der Waals surface area contributed by atoms with E-state index in [1.165, 1.54) is 31.4 Å². The van der Waals surface area contributed by atoms with Gasteiger partial charge in [-0.3, -0.25) is 9.78 Å². The summed E-state index contributed by atoms with van der Waals surface area (Å²) in [6.45, 7) is 0.316. The number of halogens is 1. The molecule has 0 saturated carbocycles. The van der Waals surface area contributed by atoms with E-state index in [-0.39, 0.29) is 30.2 Å². The number of ether oxygens (including phenoxy) is 1. The molecule has 4 aromatic rings. The van der Waals surface area contributed by atoms with E-state index >= 15 is 0 Å². The number of methoxy groups -OCH3 is 1. The van der Waals surface area contributed by atoms with Crippen LogP contribution in [0.2, 0.25) is 0 Å². The van der Waals surface area contributed by atoms with Crippen LogP contribution in [0.5, 0.6) is 0 Å². The number of thiocarbonyl (C=S) groups is 1. The van der Waals surface area contributed by atoms with Gasteiger partial charge in [-0.1, -0.05) is 18.2 Å². The van der Waals surface area contributed by atoms with E-state index in [0.717, 1.165) is 11.4 Å². The Morgan fingerprint density at radius 2 is 1.82 bits per heavy atom. The van der Waals surface area contributed by atoms with Crippen molar-refractivity contribution in [1.82, 2.24) is 19.8 Å². The largest absolute Gasteiger partial charge is 0.465 e. The fourth-order valence-corrected chi connectivity index (χ4v) is 5.10. The summed E-state index contributed by atoms with van der Waals surface area (Å²) in [5, 5.41) is 6.67. The van der Waals surface area contributed by atoms with E-state index in [1.807, 2.05) is 58.1 Å². The van der Waals surface area contributed by atoms with Crippen molar-refractivity contribution < 1.29 is 18.7 Å². The molecule has 10 heteroatoms. The van der Waals surface area contributed by atoms with Gasteiger partial charge in [0, 0.05) is 36.7 Å². The number of nitrogens with zero attached hydrogens (tertiary/aromatic N) is 3. The second-order valence-electron chi connectivity index (χ2n) is 8.94. The predicted molar refractivity (Wildman–Crippen MR) is 149 cm³/mol. The highest BCUT2D eigenvalue weighted by molar-refractivity contribution is 7.80. The SMILES string of the molecule is COC(=O)c1ccccc1-n1cccc1[C@H]1[C@H](c2ccccn2)NC(=S)N1CCC(=O)Nc1ccc(F)cc1. The summed E-state index contributed by atoms with van der Waals surface area (Å²) >= 11 is 5.74. The Labute approximate surface area is 230 Å². The molecule has 8 nitrogen and oxygen atoms in total. The molecule has 0 radical (unpaired) electrons. The van der Waals surface area contributed by atoms with Gasteiger partial charge in [0.05, 0.1) is 36.1 Å². The van der Waals surface area contributed by atoms with Crippen molar-refractivity contribution in [2.45, 2.75) is 18.5 Å². The molecule has 2 N–H and O–H groups in total. The number of aromatic nitrogens is 2. The molecule has 1 aliphatic heterocycles. The van der Waals surface area contributed by atoms with Crippen LogP contribution in [0.15, 0.2) is 91.3 Å². The van der Waals surface area contributed by atoms with Gasteiger partial charge >= 0.3 is 5.97 Å². The molecule has 1 amide bonds. The zero-order valence-electron chi connectivity index (χ0n) is 21.1. The van der Waals surface area contributed by atoms with Crippen LogP contribution >= 0.6 is 12.2 Å². The number of carbonyl (C=O) groups excluding carboxylic acids is 2. The number of amides is 1. The number of para-hydroxylation sites is 1. The molecular weight excluding hydrogens is 517 g/mol. The molecule has 0 aliphatic carbocycles. The third-order valence-corrected chi connectivity index (χ3v) is 6.91. The van der Waals surface area contributed by atoms with Crippen LogP contribution < -0.4 is 10.6 Å². The topological polar surface area (TPSA) is 88.5 Å². The van der Waals surface area contributed by atoms with Crippen LogP contribution in [-0.4, -0.2) is 45.1 Å². The summed E-state index contributed by atoms with van der Waals surface area (Å²) in [7, 11) is 1.35. The smallest absolute Gasteiger partial charge is 0.339 e. The van der Waals surface area contributed by atoms with Gasteiger partial charge in [0.2, 0.25) is 5.91 Å². The highest BCUT2D eigenvalue weighted by Gasteiger charge is 2.41. The first kappa shape index (κ1) is 26.1. The Balaban J connectivity index is 1.48. The second kappa shape index (κ2) is 11.4. The molecule has 5 rings (SSSR count). The summed E-state index contributed by atoms with van der Waals surface area (Å²) in [4.78, 5) is 31.9. The second-order valence-corrected chi connectivity index (χ2v) is 9.32. The van der Waals surface area contributed by atoms with Crippen LogP contribution in [-0.2, 0) is 9.53 Å². The number of benzene rings is 2. The molecule has 1 fully saturated rings. The molecule has 1 saturated heterocycles. The van der Waals surface area contributed by atoms with E-state index in [2.05, 4.69) is 15.6 Å². The lowest BCUT2D eigenvalue weighted by molar-refractivity contribution is -0.116. The molecule has 0 spiro atoms. The molecular formula is C29H26FN5O3S. The lowest BCUT2D eigenvalue weighted by Gasteiger charge is -2.29. The Hall–Kier alpha value is -4.57. The first-order valence-corrected chi connectivity index (χ1v) is 12.8. The molecule has 0 unspecified atom stereocenters. The van der Waals surface area contributed by atoms with Crippen LogP contribution in [0, 0.1) is 5.82 Å². The first-order chi connectivity index (χ1) is 19.0. The highest BCUT2D eigenvalue weighted by atomic mass is 32.1. The molecule has 3 heterocycles. The monoisotopic (exact) mass is 543 g/mol. The van der Waals surface area contributed by atoms with E-state index in [9.17, 15) is 14.0 Å². The molecule has 2 atom stereocenters. The number of anilines is 1. The lowest BCUT2D eigenvalue weighted by Crippen LogP contribution is -2.33. The number of carbonyl (C=O) groups is 2. The van der Waals surface area contributed by atoms with Gasteiger partial charge in [-0.05, 0) is 72.9 Å². The van der Waals surface area contributed by atoms with Gasteiger partial charge in [-0.2, -0.15) is 0 Å².